The normalized spacial score (nSPS) is 18.8. The molecule has 0 bridgehead atoms. The molecule has 1 aliphatic rings. The lowest BCUT2D eigenvalue weighted by Crippen LogP contribution is -2.05. The van der Waals surface area contributed by atoms with Crippen molar-refractivity contribution < 1.29 is 0 Å². The van der Waals surface area contributed by atoms with Crippen molar-refractivity contribution in [3.05, 3.63) is 47.8 Å². The Morgan fingerprint density at radius 3 is 3.13 bits per heavy atom. The quantitative estimate of drug-likeness (QED) is 0.780. The van der Waals surface area contributed by atoms with E-state index < -0.39 is 0 Å². The first kappa shape index (κ1) is 8.53. The van der Waals surface area contributed by atoms with Gasteiger partial charge < -0.3 is 5.32 Å². The third-order valence-corrected chi connectivity index (χ3v) is 2.97. The van der Waals surface area contributed by atoms with Crippen molar-refractivity contribution in [2.24, 2.45) is 0 Å². The molecule has 0 spiro atoms. The van der Waals surface area contributed by atoms with E-state index in [0.29, 0.717) is 6.04 Å². The first-order chi connectivity index (χ1) is 7.43. The standard InChI is InChI=1S/C12H13N3/c1-2-4-11-9(3-1)5-6-12(11)15-10-7-13-14-8-10/h1-4,7-8,12,15H,5-6H2,(H,13,14). The Morgan fingerprint density at radius 1 is 1.33 bits per heavy atom. The number of nitrogens with one attached hydrogen (secondary N) is 2. The second-order valence-electron chi connectivity index (χ2n) is 3.92. The predicted octanol–water partition coefficient (Wildman–Crippen LogP) is 2.51. The lowest BCUT2D eigenvalue weighted by Gasteiger charge is -2.13. The Kier molecular flexibility index (Phi) is 1.95. The summed E-state index contributed by atoms with van der Waals surface area (Å²) in [6, 6.07) is 9.08. The van der Waals surface area contributed by atoms with Gasteiger partial charge in [-0.1, -0.05) is 24.3 Å². The zero-order valence-electron chi connectivity index (χ0n) is 8.40. The van der Waals surface area contributed by atoms with Gasteiger partial charge in [-0.05, 0) is 24.0 Å². The van der Waals surface area contributed by atoms with Crippen molar-refractivity contribution >= 4 is 5.69 Å². The molecule has 0 saturated carbocycles. The molecule has 0 aliphatic heterocycles. The first-order valence-electron chi connectivity index (χ1n) is 5.26. The fourth-order valence-electron chi connectivity index (χ4n) is 2.24. The molecule has 2 aromatic rings. The van der Waals surface area contributed by atoms with Crippen molar-refractivity contribution in [1.29, 1.82) is 0 Å². The third-order valence-electron chi connectivity index (χ3n) is 2.97. The summed E-state index contributed by atoms with van der Waals surface area (Å²) in [5, 5.41) is 10.2. The zero-order chi connectivity index (χ0) is 10.1. The van der Waals surface area contributed by atoms with Crippen LogP contribution >= 0.6 is 0 Å². The van der Waals surface area contributed by atoms with E-state index in [2.05, 4.69) is 39.8 Å². The smallest absolute Gasteiger partial charge is 0.0728 e. The molecule has 1 heterocycles. The Balaban J connectivity index is 1.85. The zero-order valence-corrected chi connectivity index (χ0v) is 8.40. The highest BCUT2D eigenvalue weighted by atomic mass is 15.1. The highest BCUT2D eigenvalue weighted by Crippen LogP contribution is 2.33. The average molecular weight is 199 g/mol. The van der Waals surface area contributed by atoms with E-state index in [1.165, 1.54) is 24.0 Å². The van der Waals surface area contributed by atoms with Gasteiger partial charge >= 0.3 is 0 Å². The van der Waals surface area contributed by atoms with Crippen LogP contribution in [0.4, 0.5) is 5.69 Å². The second kappa shape index (κ2) is 3.42. The third kappa shape index (κ3) is 1.50. The molecular formula is C12H13N3. The molecular weight excluding hydrogens is 186 g/mol. The summed E-state index contributed by atoms with van der Waals surface area (Å²) < 4.78 is 0. The molecule has 2 N–H and O–H groups in total. The van der Waals surface area contributed by atoms with E-state index in [9.17, 15) is 0 Å². The summed E-state index contributed by atoms with van der Waals surface area (Å²) >= 11 is 0. The molecule has 1 aromatic heterocycles. The molecule has 1 aliphatic carbocycles. The van der Waals surface area contributed by atoms with Gasteiger partial charge in [0.25, 0.3) is 0 Å². The van der Waals surface area contributed by atoms with Gasteiger partial charge in [0.15, 0.2) is 0 Å². The Hall–Kier alpha value is -1.77. The van der Waals surface area contributed by atoms with Gasteiger partial charge in [-0.25, -0.2) is 0 Å². The van der Waals surface area contributed by atoms with Crippen LogP contribution in [-0.2, 0) is 6.42 Å². The van der Waals surface area contributed by atoms with Crippen LogP contribution in [0.15, 0.2) is 36.7 Å². The summed E-state index contributed by atoms with van der Waals surface area (Å²) in [7, 11) is 0. The summed E-state index contributed by atoms with van der Waals surface area (Å²) in [6.45, 7) is 0. The summed E-state index contributed by atoms with van der Waals surface area (Å²) in [5.74, 6) is 0. The van der Waals surface area contributed by atoms with Crippen LogP contribution in [0.25, 0.3) is 0 Å². The number of hydrogen-bond acceptors (Lipinski definition) is 2. The average Bonchev–Trinajstić information content (AvgIpc) is 2.89. The molecule has 1 unspecified atom stereocenters. The molecule has 0 fully saturated rings. The number of aryl methyl sites for hydroxylation is 1. The topological polar surface area (TPSA) is 40.7 Å². The SMILES string of the molecule is c1ccc2c(c1)CCC2Nc1cn[nH]c1. The Labute approximate surface area is 88.5 Å². The molecule has 1 atom stereocenters. The monoisotopic (exact) mass is 199 g/mol. The fraction of sp³-hybridized carbons (Fsp3) is 0.250. The van der Waals surface area contributed by atoms with E-state index in [-0.39, 0.29) is 0 Å². The largest absolute Gasteiger partial charge is 0.376 e. The van der Waals surface area contributed by atoms with Crippen molar-refractivity contribution in [1.82, 2.24) is 10.2 Å². The van der Waals surface area contributed by atoms with Crippen molar-refractivity contribution in [2.45, 2.75) is 18.9 Å². The molecule has 76 valence electrons. The minimum absolute atomic E-state index is 0.443. The van der Waals surface area contributed by atoms with E-state index in [0.717, 1.165) is 5.69 Å². The van der Waals surface area contributed by atoms with Crippen LogP contribution in [-0.4, -0.2) is 10.2 Å². The van der Waals surface area contributed by atoms with Crippen LogP contribution in [0.2, 0.25) is 0 Å². The first-order valence-corrected chi connectivity index (χ1v) is 5.26. The lowest BCUT2D eigenvalue weighted by molar-refractivity contribution is 0.762. The van der Waals surface area contributed by atoms with Gasteiger partial charge in [-0.2, -0.15) is 5.10 Å². The summed E-state index contributed by atoms with van der Waals surface area (Å²) in [5.41, 5.74) is 3.97. The highest BCUT2D eigenvalue weighted by molar-refractivity contribution is 5.45. The number of nitrogens with zero attached hydrogens (tertiary/aromatic N) is 1. The number of rotatable bonds is 2. The van der Waals surface area contributed by atoms with Gasteiger partial charge in [0.1, 0.15) is 0 Å². The number of aromatic nitrogens is 2. The van der Waals surface area contributed by atoms with E-state index in [1.54, 1.807) is 0 Å². The van der Waals surface area contributed by atoms with Crippen molar-refractivity contribution in [3.63, 3.8) is 0 Å². The van der Waals surface area contributed by atoms with Crippen LogP contribution in [0.3, 0.4) is 0 Å². The number of aromatic amines is 1. The maximum Gasteiger partial charge on any atom is 0.0728 e. The second-order valence-corrected chi connectivity index (χ2v) is 3.92. The predicted molar refractivity (Wildman–Crippen MR) is 59.7 cm³/mol. The van der Waals surface area contributed by atoms with Crippen LogP contribution < -0.4 is 5.32 Å². The lowest BCUT2D eigenvalue weighted by atomic mass is 10.1. The number of fused-ring (bicyclic) bond motifs is 1. The number of benzene rings is 1. The molecule has 1 aromatic carbocycles. The number of H-pyrrole nitrogens is 1. The molecule has 3 heteroatoms. The van der Waals surface area contributed by atoms with Gasteiger partial charge in [0.05, 0.1) is 17.9 Å². The van der Waals surface area contributed by atoms with Crippen LogP contribution in [0.1, 0.15) is 23.6 Å². The number of anilines is 1. The molecule has 0 amide bonds. The van der Waals surface area contributed by atoms with E-state index in [1.807, 2.05) is 12.4 Å². The summed E-state index contributed by atoms with van der Waals surface area (Å²) in [6.07, 6.45) is 6.05. The molecule has 0 radical (unpaired) electrons. The minimum atomic E-state index is 0.443. The fourth-order valence-corrected chi connectivity index (χ4v) is 2.24. The van der Waals surface area contributed by atoms with Crippen molar-refractivity contribution in [2.75, 3.05) is 5.32 Å². The van der Waals surface area contributed by atoms with E-state index in [4.69, 9.17) is 0 Å². The van der Waals surface area contributed by atoms with Gasteiger partial charge in [0.2, 0.25) is 0 Å². The maximum atomic E-state index is 3.93. The van der Waals surface area contributed by atoms with Gasteiger partial charge in [-0.15, -0.1) is 0 Å². The Bertz CT molecular complexity index is 448. The summed E-state index contributed by atoms with van der Waals surface area (Å²) in [4.78, 5) is 0. The molecule has 15 heavy (non-hydrogen) atoms. The van der Waals surface area contributed by atoms with Gasteiger partial charge in [0, 0.05) is 6.20 Å². The molecule has 0 saturated heterocycles. The van der Waals surface area contributed by atoms with Crippen LogP contribution in [0, 0.1) is 0 Å². The van der Waals surface area contributed by atoms with E-state index >= 15 is 0 Å². The van der Waals surface area contributed by atoms with Gasteiger partial charge in [-0.3, -0.25) is 5.10 Å². The number of hydrogen-bond donors (Lipinski definition) is 2. The molecule has 3 rings (SSSR count). The van der Waals surface area contributed by atoms with Crippen LogP contribution in [0.5, 0.6) is 0 Å². The molecule has 3 nitrogen and oxygen atoms in total. The maximum absolute atomic E-state index is 3.93. The minimum Gasteiger partial charge on any atom is -0.376 e. The highest BCUT2D eigenvalue weighted by Gasteiger charge is 2.21. The van der Waals surface area contributed by atoms with Crippen molar-refractivity contribution in [3.8, 4) is 0 Å². The Morgan fingerprint density at radius 2 is 2.27 bits per heavy atom.